The van der Waals surface area contributed by atoms with Gasteiger partial charge in [-0.3, -0.25) is 4.57 Å². The number of phosphoric ester groups is 1. The van der Waals surface area contributed by atoms with Gasteiger partial charge in [-0.2, -0.15) is 0 Å². The minimum absolute atomic E-state index is 0. The number of aliphatic hydroxyl groups excluding tert-OH is 4. The summed E-state index contributed by atoms with van der Waals surface area (Å²) >= 11 is 0. The molecule has 0 bridgehead atoms. The zero-order valence-corrected chi connectivity index (χ0v) is 19.2. The Morgan fingerprint density at radius 1 is 1.15 bits per heavy atom. The maximum absolute atomic E-state index is 12.2. The van der Waals surface area contributed by atoms with Crippen LogP contribution in [-0.2, 0) is 18.3 Å². The van der Waals surface area contributed by atoms with E-state index in [1.807, 2.05) is 20.8 Å². The van der Waals surface area contributed by atoms with Gasteiger partial charge in [0.05, 0.1) is 12.7 Å². The standard InChI is InChI=1S/C16H31O9P.Na/c1-8(2)10-5-4-9(3)6-11(10)25-26(21,22)23-7-12-13(17)14(18)15(19)16(20)24-12;/h8-20H,4-7H2,1-3H3,(H,21,22);/q;+1/p-1/t9?,10?,11?,12-,13-,14+,15+,16?;/m1./s1. The monoisotopic (exact) mass is 420 g/mol. The van der Waals surface area contributed by atoms with E-state index in [1.165, 1.54) is 0 Å². The Bertz CT molecular complexity index is 508. The molecule has 0 amide bonds. The molecule has 4 N–H and O–H groups in total. The van der Waals surface area contributed by atoms with Gasteiger partial charge in [-0.25, -0.2) is 0 Å². The van der Waals surface area contributed by atoms with Crippen molar-refractivity contribution in [2.24, 2.45) is 17.8 Å². The number of hydrogen-bond acceptors (Lipinski definition) is 9. The summed E-state index contributed by atoms with van der Waals surface area (Å²) < 4.78 is 27.2. The Balaban J connectivity index is 0.00000364. The van der Waals surface area contributed by atoms with E-state index in [1.54, 1.807) is 0 Å². The van der Waals surface area contributed by atoms with Crippen LogP contribution in [0.3, 0.4) is 0 Å². The maximum atomic E-state index is 12.2. The second-order valence-electron chi connectivity index (χ2n) is 7.75. The number of hydrogen-bond donors (Lipinski definition) is 4. The molecule has 2 aliphatic rings. The van der Waals surface area contributed by atoms with Gasteiger partial charge >= 0.3 is 29.6 Å². The molecule has 0 radical (unpaired) electrons. The Morgan fingerprint density at radius 2 is 1.78 bits per heavy atom. The zero-order valence-electron chi connectivity index (χ0n) is 16.3. The molecule has 11 heteroatoms. The van der Waals surface area contributed by atoms with E-state index < -0.39 is 51.2 Å². The third-order valence-electron chi connectivity index (χ3n) is 5.31. The number of aliphatic hydroxyl groups is 4. The van der Waals surface area contributed by atoms with Gasteiger partial charge in [0.25, 0.3) is 7.82 Å². The topological polar surface area (TPSA) is 149 Å². The van der Waals surface area contributed by atoms with Crippen LogP contribution in [0.1, 0.15) is 40.0 Å². The van der Waals surface area contributed by atoms with E-state index in [0.717, 1.165) is 12.8 Å². The first-order valence-corrected chi connectivity index (χ1v) is 10.5. The second kappa shape index (κ2) is 10.8. The Labute approximate surface area is 181 Å². The van der Waals surface area contributed by atoms with Crippen molar-refractivity contribution in [2.75, 3.05) is 6.61 Å². The van der Waals surface area contributed by atoms with Crippen molar-refractivity contribution >= 4 is 7.82 Å². The van der Waals surface area contributed by atoms with Crippen molar-refractivity contribution in [1.82, 2.24) is 0 Å². The molecule has 0 spiro atoms. The van der Waals surface area contributed by atoms with E-state index in [-0.39, 0.29) is 41.4 Å². The fraction of sp³-hybridized carbons (Fsp3) is 1.00. The molecule has 2 rings (SSSR count). The van der Waals surface area contributed by atoms with Crippen molar-refractivity contribution in [1.29, 1.82) is 0 Å². The quantitative estimate of drug-likeness (QED) is 0.257. The fourth-order valence-corrected chi connectivity index (χ4v) is 4.63. The van der Waals surface area contributed by atoms with Gasteiger partial charge in [0.1, 0.15) is 24.4 Å². The van der Waals surface area contributed by atoms with Crippen LogP contribution in [0.2, 0.25) is 0 Å². The van der Waals surface area contributed by atoms with Crippen LogP contribution in [0, 0.1) is 17.8 Å². The molecule has 1 saturated heterocycles. The van der Waals surface area contributed by atoms with E-state index in [4.69, 9.17) is 13.8 Å². The summed E-state index contributed by atoms with van der Waals surface area (Å²) in [5.74, 6) is 0.723. The molecule has 1 heterocycles. The van der Waals surface area contributed by atoms with Crippen LogP contribution in [0.25, 0.3) is 0 Å². The first-order chi connectivity index (χ1) is 12.0. The van der Waals surface area contributed by atoms with Crippen LogP contribution in [0.4, 0.5) is 0 Å². The van der Waals surface area contributed by atoms with Crippen molar-refractivity contribution in [3.05, 3.63) is 0 Å². The summed E-state index contributed by atoms with van der Waals surface area (Å²) in [5.41, 5.74) is 0. The molecular weight excluding hydrogens is 390 g/mol. The van der Waals surface area contributed by atoms with Crippen LogP contribution in [0.15, 0.2) is 0 Å². The molecule has 0 aromatic rings. The van der Waals surface area contributed by atoms with Crippen molar-refractivity contribution in [3.8, 4) is 0 Å². The molecule has 9 atom stereocenters. The SMILES string of the molecule is CC1CCC(C(C)C)C(OP(=O)([O-])OC[C@H]2OC(O)[C@@H](O)[C@@H](O)[C@@H]2O)C1.[Na+]. The molecule has 1 aliphatic carbocycles. The van der Waals surface area contributed by atoms with Crippen LogP contribution < -0.4 is 34.5 Å². The van der Waals surface area contributed by atoms with Gasteiger partial charge in [0.15, 0.2) is 6.29 Å². The van der Waals surface area contributed by atoms with Gasteiger partial charge in [0, 0.05) is 0 Å². The number of rotatable bonds is 6. The molecule has 5 unspecified atom stereocenters. The van der Waals surface area contributed by atoms with Gasteiger partial charge in [-0.05, 0) is 30.6 Å². The van der Waals surface area contributed by atoms with Crippen LogP contribution in [0.5, 0.6) is 0 Å². The Hall–Kier alpha value is 0.910. The Kier molecular flexibility index (Phi) is 10.4. The van der Waals surface area contributed by atoms with Gasteiger partial charge < -0.3 is 39.1 Å². The maximum Gasteiger partial charge on any atom is 1.00 e. The van der Waals surface area contributed by atoms with E-state index in [0.29, 0.717) is 12.3 Å². The van der Waals surface area contributed by atoms with E-state index >= 15 is 0 Å². The van der Waals surface area contributed by atoms with Crippen molar-refractivity contribution < 1.29 is 73.2 Å². The minimum Gasteiger partial charge on any atom is -0.756 e. The summed E-state index contributed by atoms with van der Waals surface area (Å²) in [6.07, 6.45) is -6.00. The third-order valence-corrected chi connectivity index (χ3v) is 6.30. The molecular formula is C16H30NaO9P. The zero-order chi connectivity index (χ0) is 19.6. The van der Waals surface area contributed by atoms with E-state index in [2.05, 4.69) is 0 Å². The molecule has 27 heavy (non-hydrogen) atoms. The predicted molar refractivity (Wildman–Crippen MR) is 88.7 cm³/mol. The van der Waals surface area contributed by atoms with Crippen molar-refractivity contribution in [2.45, 2.75) is 76.8 Å². The Morgan fingerprint density at radius 3 is 2.37 bits per heavy atom. The first-order valence-electron chi connectivity index (χ1n) is 9.03. The smallest absolute Gasteiger partial charge is 0.756 e. The van der Waals surface area contributed by atoms with Gasteiger partial charge in [-0.15, -0.1) is 0 Å². The second-order valence-corrected chi connectivity index (χ2v) is 9.11. The normalized spacial score (nSPS) is 42.4. The average molecular weight is 420 g/mol. The van der Waals surface area contributed by atoms with E-state index in [9.17, 15) is 29.9 Å². The first kappa shape index (κ1) is 25.9. The van der Waals surface area contributed by atoms with Crippen LogP contribution in [-0.4, -0.2) is 63.8 Å². The van der Waals surface area contributed by atoms with Crippen molar-refractivity contribution in [3.63, 3.8) is 0 Å². The minimum atomic E-state index is -4.68. The summed E-state index contributed by atoms with van der Waals surface area (Å²) in [5, 5.41) is 38.4. The molecule has 154 valence electrons. The molecule has 9 nitrogen and oxygen atoms in total. The number of ether oxygens (including phenoxy) is 1. The summed E-state index contributed by atoms with van der Waals surface area (Å²) in [6, 6.07) is 0. The molecule has 0 aromatic heterocycles. The fourth-order valence-electron chi connectivity index (χ4n) is 3.67. The molecule has 1 aliphatic heterocycles. The third kappa shape index (κ3) is 6.98. The van der Waals surface area contributed by atoms with Gasteiger partial charge in [-0.1, -0.05) is 27.2 Å². The summed E-state index contributed by atoms with van der Waals surface area (Å²) in [7, 11) is -4.68. The average Bonchev–Trinajstić information content (AvgIpc) is 2.54. The molecule has 2 fully saturated rings. The summed E-state index contributed by atoms with van der Waals surface area (Å²) in [4.78, 5) is 12.2. The summed E-state index contributed by atoms with van der Waals surface area (Å²) in [6.45, 7) is 5.45. The van der Waals surface area contributed by atoms with Gasteiger partial charge in [0.2, 0.25) is 0 Å². The van der Waals surface area contributed by atoms with Crippen LogP contribution >= 0.6 is 7.82 Å². The number of phosphoric acid groups is 1. The molecule has 0 aromatic carbocycles. The predicted octanol–water partition coefficient (Wildman–Crippen LogP) is -3.25. The largest absolute Gasteiger partial charge is 1.00 e. The molecule has 1 saturated carbocycles.